The number of nitrogens with zero attached hydrogens (tertiary/aromatic N) is 1. The van der Waals surface area contributed by atoms with Gasteiger partial charge in [-0.15, -0.1) is 0 Å². The minimum atomic E-state index is 0.168. The number of benzene rings is 1. The molecule has 0 unspecified atom stereocenters. The van der Waals surface area contributed by atoms with Crippen molar-refractivity contribution in [3.05, 3.63) is 23.8 Å². The largest absolute Gasteiger partial charge is 0.489 e. The molecule has 118 valence electrons. The Morgan fingerprint density at radius 1 is 1.14 bits per heavy atom. The molecule has 3 heteroatoms. The van der Waals surface area contributed by atoms with Crippen molar-refractivity contribution in [2.75, 3.05) is 25.4 Å². The molecule has 3 nitrogen and oxygen atoms in total. The molecule has 0 aromatic heterocycles. The highest BCUT2D eigenvalue weighted by atomic mass is 16.5. The molecule has 1 aliphatic heterocycles. The Labute approximate surface area is 129 Å². The molecule has 1 fully saturated rings. The second-order valence-corrected chi connectivity index (χ2v) is 6.40. The van der Waals surface area contributed by atoms with Gasteiger partial charge in [0.05, 0.1) is 11.8 Å². The third-order valence-corrected chi connectivity index (χ3v) is 4.08. The second-order valence-electron chi connectivity index (χ2n) is 6.40. The van der Waals surface area contributed by atoms with Crippen LogP contribution in [-0.2, 0) is 6.42 Å². The summed E-state index contributed by atoms with van der Waals surface area (Å²) in [6, 6.07) is 6.23. The number of hydrogen-bond acceptors (Lipinski definition) is 3. The summed E-state index contributed by atoms with van der Waals surface area (Å²) in [7, 11) is 0. The Kier molecular flexibility index (Phi) is 6.37. The molecule has 0 saturated carbocycles. The fourth-order valence-electron chi connectivity index (χ4n) is 2.98. The van der Waals surface area contributed by atoms with Crippen molar-refractivity contribution < 1.29 is 4.74 Å². The van der Waals surface area contributed by atoms with E-state index in [0.717, 1.165) is 17.9 Å². The lowest BCUT2D eigenvalue weighted by atomic mass is 10.1. The van der Waals surface area contributed by atoms with Crippen molar-refractivity contribution in [3.8, 4) is 5.75 Å². The zero-order valence-corrected chi connectivity index (χ0v) is 13.6. The van der Waals surface area contributed by atoms with E-state index in [-0.39, 0.29) is 6.10 Å². The predicted molar refractivity (Wildman–Crippen MR) is 89.8 cm³/mol. The quantitative estimate of drug-likeness (QED) is 0.808. The van der Waals surface area contributed by atoms with Crippen molar-refractivity contribution in [2.24, 2.45) is 0 Å². The van der Waals surface area contributed by atoms with Gasteiger partial charge in [0.2, 0.25) is 0 Å². The minimum absolute atomic E-state index is 0.168. The minimum Gasteiger partial charge on any atom is -0.489 e. The van der Waals surface area contributed by atoms with Crippen molar-refractivity contribution in [1.82, 2.24) is 4.90 Å². The van der Waals surface area contributed by atoms with Crippen molar-refractivity contribution >= 4 is 5.69 Å². The SMILES string of the molecule is CC(C)Oc1ccc(CCCN2CCCCCC2)cc1N. The van der Waals surface area contributed by atoms with E-state index < -0.39 is 0 Å². The maximum atomic E-state index is 6.07. The summed E-state index contributed by atoms with van der Waals surface area (Å²) in [6.45, 7) is 7.82. The second kappa shape index (κ2) is 8.28. The van der Waals surface area contributed by atoms with E-state index in [0.29, 0.717) is 0 Å². The highest BCUT2D eigenvalue weighted by molar-refractivity contribution is 5.54. The van der Waals surface area contributed by atoms with Gasteiger partial charge in [-0.25, -0.2) is 0 Å². The average Bonchev–Trinajstić information content (AvgIpc) is 2.70. The molecule has 1 aromatic carbocycles. The van der Waals surface area contributed by atoms with Crippen LogP contribution in [0.1, 0.15) is 51.5 Å². The van der Waals surface area contributed by atoms with Gasteiger partial charge >= 0.3 is 0 Å². The van der Waals surface area contributed by atoms with Crippen LogP contribution < -0.4 is 10.5 Å². The van der Waals surface area contributed by atoms with Gasteiger partial charge in [0.15, 0.2) is 0 Å². The molecule has 2 rings (SSSR count). The summed E-state index contributed by atoms with van der Waals surface area (Å²) in [5.74, 6) is 0.807. The average molecular weight is 290 g/mol. The Morgan fingerprint density at radius 2 is 1.86 bits per heavy atom. The lowest BCUT2D eigenvalue weighted by molar-refractivity contribution is 0.244. The van der Waals surface area contributed by atoms with Crippen molar-refractivity contribution in [1.29, 1.82) is 0 Å². The van der Waals surface area contributed by atoms with E-state index in [9.17, 15) is 0 Å². The van der Waals surface area contributed by atoms with Crippen LogP contribution in [0.2, 0.25) is 0 Å². The lowest BCUT2D eigenvalue weighted by Crippen LogP contribution is -2.26. The lowest BCUT2D eigenvalue weighted by Gasteiger charge is -2.19. The van der Waals surface area contributed by atoms with Crippen molar-refractivity contribution in [2.45, 2.75) is 58.5 Å². The van der Waals surface area contributed by atoms with E-state index >= 15 is 0 Å². The maximum absolute atomic E-state index is 6.07. The third kappa shape index (κ3) is 5.58. The first-order chi connectivity index (χ1) is 10.1. The van der Waals surface area contributed by atoms with Crippen LogP contribution in [0.4, 0.5) is 5.69 Å². The Balaban J connectivity index is 1.78. The fraction of sp³-hybridized carbons (Fsp3) is 0.667. The maximum Gasteiger partial charge on any atom is 0.142 e. The molecule has 0 atom stereocenters. The van der Waals surface area contributed by atoms with Crippen LogP contribution in [0.5, 0.6) is 5.75 Å². The molecule has 0 aliphatic carbocycles. The fourth-order valence-corrected chi connectivity index (χ4v) is 2.98. The molecule has 1 aliphatic rings. The van der Waals surface area contributed by atoms with E-state index in [1.807, 2.05) is 19.9 Å². The van der Waals surface area contributed by atoms with Gasteiger partial charge in [-0.05, 0) is 76.9 Å². The number of nitrogen functional groups attached to an aromatic ring is 1. The van der Waals surface area contributed by atoms with Gasteiger partial charge in [0.25, 0.3) is 0 Å². The molecule has 1 heterocycles. The number of rotatable bonds is 6. The highest BCUT2D eigenvalue weighted by Gasteiger charge is 2.09. The van der Waals surface area contributed by atoms with Crippen LogP contribution in [0.15, 0.2) is 18.2 Å². The highest BCUT2D eigenvalue weighted by Crippen LogP contribution is 2.24. The van der Waals surface area contributed by atoms with Gasteiger partial charge in [-0.1, -0.05) is 18.9 Å². The first-order valence-electron chi connectivity index (χ1n) is 8.42. The molecular weight excluding hydrogens is 260 g/mol. The third-order valence-electron chi connectivity index (χ3n) is 4.08. The van der Waals surface area contributed by atoms with Crippen LogP contribution in [-0.4, -0.2) is 30.6 Å². The monoisotopic (exact) mass is 290 g/mol. The molecule has 1 saturated heterocycles. The molecule has 0 spiro atoms. The van der Waals surface area contributed by atoms with Crippen LogP contribution in [0, 0.1) is 0 Å². The first-order valence-corrected chi connectivity index (χ1v) is 8.42. The van der Waals surface area contributed by atoms with Gasteiger partial charge in [0, 0.05) is 0 Å². The standard InChI is InChI=1S/C18H30N2O/c1-15(2)21-18-10-9-16(14-17(18)19)8-7-13-20-11-5-3-4-6-12-20/h9-10,14-15H,3-8,11-13,19H2,1-2H3. The topological polar surface area (TPSA) is 38.5 Å². The number of hydrogen-bond donors (Lipinski definition) is 1. The van der Waals surface area contributed by atoms with Crippen molar-refractivity contribution in [3.63, 3.8) is 0 Å². The van der Waals surface area contributed by atoms with Crippen LogP contribution >= 0.6 is 0 Å². The number of anilines is 1. The Morgan fingerprint density at radius 3 is 2.48 bits per heavy atom. The molecular formula is C18H30N2O. The number of likely N-dealkylation sites (tertiary alicyclic amines) is 1. The first kappa shape index (κ1) is 16.2. The number of aryl methyl sites for hydroxylation is 1. The normalized spacial score (nSPS) is 16.9. The molecule has 0 radical (unpaired) electrons. The summed E-state index contributed by atoms with van der Waals surface area (Å²) < 4.78 is 5.68. The summed E-state index contributed by atoms with van der Waals surface area (Å²) in [4.78, 5) is 2.62. The van der Waals surface area contributed by atoms with Gasteiger partial charge < -0.3 is 15.4 Å². The summed E-state index contributed by atoms with van der Waals surface area (Å²) in [5, 5.41) is 0. The predicted octanol–water partition coefficient (Wildman–Crippen LogP) is 3.86. The number of ether oxygens (including phenoxy) is 1. The summed E-state index contributed by atoms with van der Waals surface area (Å²) in [5.41, 5.74) is 8.15. The van der Waals surface area contributed by atoms with Crippen LogP contribution in [0.25, 0.3) is 0 Å². The smallest absolute Gasteiger partial charge is 0.142 e. The number of nitrogens with two attached hydrogens (primary N) is 1. The Bertz CT molecular complexity index is 423. The molecule has 0 bridgehead atoms. The summed E-state index contributed by atoms with van der Waals surface area (Å²) in [6.07, 6.45) is 8.03. The van der Waals surface area contributed by atoms with Crippen LogP contribution in [0.3, 0.4) is 0 Å². The summed E-state index contributed by atoms with van der Waals surface area (Å²) >= 11 is 0. The van der Waals surface area contributed by atoms with E-state index in [4.69, 9.17) is 10.5 Å². The van der Waals surface area contributed by atoms with Gasteiger partial charge in [-0.2, -0.15) is 0 Å². The molecule has 1 aromatic rings. The Hall–Kier alpha value is -1.22. The zero-order valence-electron chi connectivity index (χ0n) is 13.6. The van der Waals surface area contributed by atoms with E-state index in [2.05, 4.69) is 17.0 Å². The van der Waals surface area contributed by atoms with E-state index in [1.54, 1.807) is 0 Å². The van der Waals surface area contributed by atoms with Gasteiger partial charge in [0.1, 0.15) is 5.75 Å². The molecule has 2 N–H and O–H groups in total. The zero-order chi connectivity index (χ0) is 15.1. The molecule has 0 amide bonds. The van der Waals surface area contributed by atoms with Gasteiger partial charge in [-0.3, -0.25) is 0 Å². The van der Waals surface area contributed by atoms with E-state index in [1.165, 1.54) is 57.3 Å². The molecule has 21 heavy (non-hydrogen) atoms.